The third-order valence-electron chi connectivity index (χ3n) is 3.17. The maximum atomic E-state index is 10.1. The predicted molar refractivity (Wildman–Crippen MR) is 69.4 cm³/mol. The minimum Gasteiger partial charge on any atom is -0.508 e. The molecule has 0 saturated carbocycles. The van der Waals surface area contributed by atoms with Gasteiger partial charge in [0.25, 0.3) is 0 Å². The molecule has 0 saturated heterocycles. The van der Waals surface area contributed by atoms with Gasteiger partial charge in [0.2, 0.25) is 0 Å². The van der Waals surface area contributed by atoms with E-state index in [2.05, 4.69) is 0 Å². The lowest BCUT2D eigenvalue weighted by Crippen LogP contribution is -1.88. The molecule has 17 heavy (non-hydrogen) atoms. The van der Waals surface area contributed by atoms with Gasteiger partial charge in [-0.3, -0.25) is 0 Å². The highest BCUT2D eigenvalue weighted by Crippen LogP contribution is 2.38. The van der Waals surface area contributed by atoms with E-state index in [0.717, 1.165) is 22.3 Å². The number of rotatable bonds is 1. The summed E-state index contributed by atoms with van der Waals surface area (Å²) in [4.78, 5) is 0. The van der Waals surface area contributed by atoms with Crippen molar-refractivity contribution < 1.29 is 10.2 Å². The molecule has 2 aromatic carbocycles. The van der Waals surface area contributed by atoms with Crippen molar-refractivity contribution in [2.45, 2.75) is 20.8 Å². The molecule has 0 aliphatic rings. The van der Waals surface area contributed by atoms with Crippen molar-refractivity contribution in [2.75, 3.05) is 0 Å². The van der Waals surface area contributed by atoms with E-state index >= 15 is 0 Å². The molecule has 0 atom stereocenters. The summed E-state index contributed by atoms with van der Waals surface area (Å²) in [6.07, 6.45) is 0. The van der Waals surface area contributed by atoms with Crippen LogP contribution in [0.5, 0.6) is 11.5 Å². The minimum absolute atomic E-state index is 0.219. The molecule has 0 amide bonds. The summed E-state index contributed by atoms with van der Waals surface area (Å²) in [6, 6.07) is 9.48. The summed E-state index contributed by atoms with van der Waals surface area (Å²) >= 11 is 0. The van der Waals surface area contributed by atoms with Gasteiger partial charge < -0.3 is 10.2 Å². The van der Waals surface area contributed by atoms with Crippen molar-refractivity contribution in [1.82, 2.24) is 0 Å². The molecular weight excluding hydrogens is 212 g/mol. The molecule has 2 rings (SSSR count). The summed E-state index contributed by atoms with van der Waals surface area (Å²) < 4.78 is 0. The van der Waals surface area contributed by atoms with Crippen LogP contribution in [0.3, 0.4) is 0 Å². The molecule has 2 heteroatoms. The second kappa shape index (κ2) is 4.13. The fourth-order valence-electron chi connectivity index (χ4n) is 1.92. The largest absolute Gasteiger partial charge is 0.508 e. The van der Waals surface area contributed by atoms with Crippen LogP contribution in [0.1, 0.15) is 16.7 Å². The molecule has 0 bridgehead atoms. The van der Waals surface area contributed by atoms with Gasteiger partial charge in [-0.25, -0.2) is 0 Å². The van der Waals surface area contributed by atoms with E-state index < -0.39 is 0 Å². The molecular formula is C15H16O2. The second-order valence-corrected chi connectivity index (χ2v) is 4.41. The first-order valence-corrected chi connectivity index (χ1v) is 5.60. The number of phenols is 2. The standard InChI is InChI=1S/C15H16O2/c1-9-5-4-6-12(7-9)13-8-14(16)10(2)11(3)15(13)17/h4-8,16-17H,1-3H3. The fraction of sp³-hybridized carbons (Fsp3) is 0.200. The van der Waals surface area contributed by atoms with Gasteiger partial charge in [-0.2, -0.15) is 0 Å². The van der Waals surface area contributed by atoms with Crippen molar-refractivity contribution in [1.29, 1.82) is 0 Å². The van der Waals surface area contributed by atoms with Gasteiger partial charge in [0.05, 0.1) is 0 Å². The minimum atomic E-state index is 0.219. The van der Waals surface area contributed by atoms with Crippen LogP contribution in [0.25, 0.3) is 11.1 Å². The number of aryl methyl sites for hydroxylation is 1. The van der Waals surface area contributed by atoms with Crippen LogP contribution in [0.2, 0.25) is 0 Å². The second-order valence-electron chi connectivity index (χ2n) is 4.41. The van der Waals surface area contributed by atoms with E-state index in [1.807, 2.05) is 38.1 Å². The van der Waals surface area contributed by atoms with Crippen molar-refractivity contribution in [2.24, 2.45) is 0 Å². The summed E-state index contributed by atoms with van der Waals surface area (Å²) in [5.74, 6) is 0.461. The van der Waals surface area contributed by atoms with Crippen LogP contribution in [0, 0.1) is 20.8 Å². The number of aromatic hydroxyl groups is 2. The Kier molecular flexibility index (Phi) is 2.80. The highest BCUT2D eigenvalue weighted by atomic mass is 16.3. The maximum Gasteiger partial charge on any atom is 0.126 e. The van der Waals surface area contributed by atoms with Crippen LogP contribution < -0.4 is 0 Å². The van der Waals surface area contributed by atoms with E-state index in [0.29, 0.717) is 5.56 Å². The molecule has 0 aliphatic heterocycles. The van der Waals surface area contributed by atoms with Gasteiger partial charge in [-0.15, -0.1) is 0 Å². The van der Waals surface area contributed by atoms with E-state index in [9.17, 15) is 10.2 Å². The summed E-state index contributed by atoms with van der Waals surface area (Å²) in [5.41, 5.74) is 4.16. The number of hydrogen-bond acceptors (Lipinski definition) is 2. The SMILES string of the molecule is Cc1cccc(-c2cc(O)c(C)c(C)c2O)c1. The van der Waals surface area contributed by atoms with Crippen molar-refractivity contribution in [3.63, 3.8) is 0 Å². The first-order valence-electron chi connectivity index (χ1n) is 5.60. The lowest BCUT2D eigenvalue weighted by atomic mass is 9.97. The summed E-state index contributed by atoms with van der Waals surface area (Å²) in [7, 11) is 0. The summed E-state index contributed by atoms with van der Waals surface area (Å²) in [5, 5.41) is 20.0. The van der Waals surface area contributed by atoms with Gasteiger partial charge in [-0.1, -0.05) is 29.8 Å². The predicted octanol–water partition coefficient (Wildman–Crippen LogP) is 3.69. The lowest BCUT2D eigenvalue weighted by molar-refractivity contribution is 0.455. The van der Waals surface area contributed by atoms with Gasteiger partial charge in [0.15, 0.2) is 0 Å². The Bertz CT molecular complexity index is 571. The van der Waals surface area contributed by atoms with Gasteiger partial charge in [0, 0.05) is 5.56 Å². The Hall–Kier alpha value is -1.96. The molecule has 0 radical (unpaired) electrons. The third-order valence-corrected chi connectivity index (χ3v) is 3.17. The molecule has 0 heterocycles. The summed E-state index contributed by atoms with van der Waals surface area (Å²) in [6.45, 7) is 5.61. The molecule has 0 fully saturated rings. The Morgan fingerprint density at radius 1 is 0.882 bits per heavy atom. The van der Waals surface area contributed by atoms with Crippen LogP contribution >= 0.6 is 0 Å². The van der Waals surface area contributed by atoms with E-state index in [1.54, 1.807) is 13.0 Å². The van der Waals surface area contributed by atoms with Crippen LogP contribution in [0.4, 0.5) is 0 Å². The molecule has 0 unspecified atom stereocenters. The van der Waals surface area contributed by atoms with Gasteiger partial charge >= 0.3 is 0 Å². The Morgan fingerprint density at radius 2 is 1.59 bits per heavy atom. The molecule has 2 aromatic rings. The van der Waals surface area contributed by atoms with Crippen LogP contribution in [-0.2, 0) is 0 Å². The lowest BCUT2D eigenvalue weighted by Gasteiger charge is -2.12. The first-order chi connectivity index (χ1) is 8.00. The zero-order valence-corrected chi connectivity index (χ0v) is 10.3. The van der Waals surface area contributed by atoms with E-state index in [-0.39, 0.29) is 11.5 Å². The smallest absolute Gasteiger partial charge is 0.126 e. The van der Waals surface area contributed by atoms with Gasteiger partial charge in [0.1, 0.15) is 11.5 Å². The highest BCUT2D eigenvalue weighted by Gasteiger charge is 2.12. The average Bonchev–Trinajstić information content (AvgIpc) is 2.31. The molecule has 0 spiro atoms. The van der Waals surface area contributed by atoms with E-state index in [1.165, 1.54) is 0 Å². The van der Waals surface area contributed by atoms with Crippen molar-refractivity contribution in [3.05, 3.63) is 47.0 Å². The van der Waals surface area contributed by atoms with Crippen LogP contribution in [0.15, 0.2) is 30.3 Å². The molecule has 0 aliphatic carbocycles. The monoisotopic (exact) mass is 228 g/mol. The average molecular weight is 228 g/mol. The van der Waals surface area contributed by atoms with Gasteiger partial charge in [-0.05, 0) is 43.5 Å². The number of benzene rings is 2. The Morgan fingerprint density at radius 3 is 2.24 bits per heavy atom. The number of phenolic OH excluding ortho intramolecular Hbond substituents is 2. The Labute approximate surface area is 101 Å². The molecule has 2 nitrogen and oxygen atoms in total. The van der Waals surface area contributed by atoms with Crippen molar-refractivity contribution >= 4 is 0 Å². The number of hydrogen-bond donors (Lipinski definition) is 2. The fourth-order valence-corrected chi connectivity index (χ4v) is 1.92. The van der Waals surface area contributed by atoms with E-state index in [4.69, 9.17) is 0 Å². The zero-order chi connectivity index (χ0) is 12.6. The zero-order valence-electron chi connectivity index (χ0n) is 10.3. The molecule has 88 valence electrons. The first kappa shape index (κ1) is 11.5. The highest BCUT2D eigenvalue weighted by molar-refractivity contribution is 5.75. The normalized spacial score (nSPS) is 10.5. The maximum absolute atomic E-state index is 10.1. The molecule has 0 aromatic heterocycles. The van der Waals surface area contributed by atoms with Crippen molar-refractivity contribution in [3.8, 4) is 22.6 Å². The third kappa shape index (κ3) is 1.98. The van der Waals surface area contributed by atoms with Crippen LogP contribution in [-0.4, -0.2) is 10.2 Å². The Balaban J connectivity index is 2.68. The quantitative estimate of drug-likeness (QED) is 0.731. The topological polar surface area (TPSA) is 40.5 Å². The molecule has 2 N–H and O–H groups in total.